The summed E-state index contributed by atoms with van der Waals surface area (Å²) in [5, 5.41) is 5.26. The fourth-order valence-corrected chi connectivity index (χ4v) is 3.21. The van der Waals surface area contributed by atoms with Gasteiger partial charge in [0, 0.05) is 5.02 Å². The van der Waals surface area contributed by atoms with Crippen LogP contribution in [-0.2, 0) is 15.0 Å². The second-order valence-corrected chi connectivity index (χ2v) is 6.38. The average Bonchev–Trinajstić information content (AvgIpc) is 3.16. The largest absolute Gasteiger partial charge is 0.369 e. The number of urea groups is 1. The highest BCUT2D eigenvalue weighted by Crippen LogP contribution is 2.53. The van der Waals surface area contributed by atoms with Crippen LogP contribution in [0.4, 0.5) is 4.79 Å². The summed E-state index contributed by atoms with van der Waals surface area (Å²) in [5.41, 5.74) is 6.38. The van der Waals surface area contributed by atoms with Crippen molar-refractivity contribution in [3.05, 3.63) is 34.9 Å². The van der Waals surface area contributed by atoms with E-state index in [1.54, 1.807) is 12.1 Å². The number of rotatable bonds is 5. The molecule has 0 spiro atoms. The van der Waals surface area contributed by atoms with Crippen molar-refractivity contribution in [1.29, 1.82) is 0 Å². The van der Waals surface area contributed by atoms with E-state index in [1.165, 1.54) is 0 Å². The van der Waals surface area contributed by atoms with Crippen molar-refractivity contribution in [2.24, 2.45) is 11.7 Å². The minimum Gasteiger partial charge on any atom is -0.369 e. The number of nitrogens with one attached hydrogen (secondary N) is 2. The first-order valence-electron chi connectivity index (χ1n) is 7.08. The summed E-state index contributed by atoms with van der Waals surface area (Å²) < 4.78 is 0. The zero-order valence-electron chi connectivity index (χ0n) is 11.8. The summed E-state index contributed by atoms with van der Waals surface area (Å²) in [4.78, 5) is 34.9. The summed E-state index contributed by atoms with van der Waals surface area (Å²) in [6, 6.07) is 5.99. The smallest absolute Gasteiger partial charge is 0.322 e. The zero-order chi connectivity index (χ0) is 15.9. The van der Waals surface area contributed by atoms with Crippen LogP contribution in [0.5, 0.6) is 0 Å². The Morgan fingerprint density at radius 3 is 2.41 bits per heavy atom. The van der Waals surface area contributed by atoms with Gasteiger partial charge in [0.25, 0.3) is 5.91 Å². The van der Waals surface area contributed by atoms with Crippen molar-refractivity contribution in [2.75, 3.05) is 0 Å². The van der Waals surface area contributed by atoms with Gasteiger partial charge < -0.3 is 11.1 Å². The molecule has 4 amide bonds. The van der Waals surface area contributed by atoms with E-state index in [1.807, 2.05) is 12.1 Å². The Labute approximate surface area is 132 Å². The van der Waals surface area contributed by atoms with E-state index in [9.17, 15) is 14.4 Å². The molecule has 2 atom stereocenters. The van der Waals surface area contributed by atoms with E-state index in [0.717, 1.165) is 18.4 Å². The van der Waals surface area contributed by atoms with Gasteiger partial charge >= 0.3 is 6.03 Å². The monoisotopic (exact) mass is 321 g/mol. The lowest BCUT2D eigenvalue weighted by atomic mass is 9.82. The molecule has 1 aliphatic carbocycles. The first-order chi connectivity index (χ1) is 10.4. The van der Waals surface area contributed by atoms with Gasteiger partial charge in [-0.2, -0.15) is 0 Å². The summed E-state index contributed by atoms with van der Waals surface area (Å²) in [7, 11) is 0. The highest BCUT2D eigenvalue weighted by Gasteiger charge is 2.50. The minimum absolute atomic E-state index is 0.169. The van der Waals surface area contributed by atoms with Crippen molar-refractivity contribution in [1.82, 2.24) is 10.6 Å². The molecule has 0 aromatic heterocycles. The molecule has 3 rings (SSSR count). The summed E-state index contributed by atoms with van der Waals surface area (Å²) in [5.74, 6) is -1.81. The Morgan fingerprint density at radius 2 is 1.95 bits per heavy atom. The van der Waals surface area contributed by atoms with Crippen molar-refractivity contribution >= 4 is 29.4 Å². The molecule has 0 radical (unpaired) electrons. The van der Waals surface area contributed by atoms with Crippen LogP contribution >= 0.6 is 11.6 Å². The van der Waals surface area contributed by atoms with Crippen LogP contribution in [0.25, 0.3) is 0 Å². The molecule has 1 saturated heterocycles. The average molecular weight is 322 g/mol. The second kappa shape index (κ2) is 5.28. The van der Waals surface area contributed by atoms with Crippen LogP contribution in [0.1, 0.15) is 24.8 Å². The SMILES string of the molecule is NC(=O)C(CC1(c2ccc(Cl)cc2)CC1)C1NC(=O)NC1=O. The molecule has 4 N–H and O–H groups in total. The summed E-state index contributed by atoms with van der Waals surface area (Å²) in [6.07, 6.45) is 2.27. The van der Waals surface area contributed by atoms with Gasteiger partial charge in [0.2, 0.25) is 5.91 Å². The normalized spacial score (nSPS) is 23.6. The van der Waals surface area contributed by atoms with Crippen LogP contribution in [0.2, 0.25) is 5.02 Å². The molecule has 22 heavy (non-hydrogen) atoms. The maximum absolute atomic E-state index is 11.8. The van der Waals surface area contributed by atoms with Crippen molar-refractivity contribution in [3.63, 3.8) is 0 Å². The Hall–Kier alpha value is -2.08. The predicted octanol–water partition coefficient (Wildman–Crippen LogP) is 1.07. The molecule has 1 saturated carbocycles. The molecule has 1 aromatic carbocycles. The Kier molecular flexibility index (Phi) is 3.56. The quantitative estimate of drug-likeness (QED) is 0.707. The van der Waals surface area contributed by atoms with Crippen molar-refractivity contribution < 1.29 is 14.4 Å². The fourth-order valence-electron chi connectivity index (χ4n) is 3.08. The molecule has 1 heterocycles. The van der Waals surface area contributed by atoms with E-state index in [-0.39, 0.29) is 5.41 Å². The molecule has 2 aliphatic rings. The number of primary amides is 1. The molecule has 2 unspecified atom stereocenters. The second-order valence-electron chi connectivity index (χ2n) is 5.94. The van der Waals surface area contributed by atoms with Gasteiger partial charge in [-0.15, -0.1) is 0 Å². The Bertz CT molecular complexity index is 640. The van der Waals surface area contributed by atoms with Crippen molar-refractivity contribution in [2.45, 2.75) is 30.7 Å². The third-order valence-electron chi connectivity index (χ3n) is 4.49. The number of amides is 4. The van der Waals surface area contributed by atoms with E-state index >= 15 is 0 Å². The molecule has 6 nitrogen and oxygen atoms in total. The Morgan fingerprint density at radius 1 is 1.32 bits per heavy atom. The number of halogens is 1. The molecule has 0 bridgehead atoms. The number of carbonyl (C=O) groups excluding carboxylic acids is 3. The van der Waals surface area contributed by atoms with Gasteiger partial charge in [0.05, 0.1) is 5.92 Å². The number of hydrogen-bond acceptors (Lipinski definition) is 3. The lowest BCUT2D eigenvalue weighted by molar-refractivity contribution is -0.129. The van der Waals surface area contributed by atoms with Crippen LogP contribution in [0.3, 0.4) is 0 Å². The van der Waals surface area contributed by atoms with Gasteiger partial charge in [-0.25, -0.2) is 4.79 Å². The molecule has 2 fully saturated rings. The number of carbonyl (C=O) groups is 3. The van der Waals surface area contributed by atoms with E-state index in [4.69, 9.17) is 17.3 Å². The lowest BCUT2D eigenvalue weighted by Crippen LogP contribution is -2.45. The molecular formula is C15H16ClN3O3. The number of hydrogen-bond donors (Lipinski definition) is 3. The number of imide groups is 1. The third-order valence-corrected chi connectivity index (χ3v) is 4.75. The molecular weight excluding hydrogens is 306 g/mol. The predicted molar refractivity (Wildman–Crippen MR) is 80.1 cm³/mol. The van der Waals surface area contributed by atoms with Gasteiger partial charge in [0.1, 0.15) is 6.04 Å². The molecule has 1 aromatic rings. The third kappa shape index (κ3) is 2.66. The fraction of sp³-hybridized carbons (Fsp3) is 0.400. The van der Waals surface area contributed by atoms with E-state index in [2.05, 4.69) is 10.6 Å². The van der Waals surface area contributed by atoms with Crippen LogP contribution in [-0.4, -0.2) is 23.9 Å². The highest BCUT2D eigenvalue weighted by atomic mass is 35.5. The van der Waals surface area contributed by atoms with Crippen LogP contribution in [0, 0.1) is 5.92 Å². The standard InChI is InChI=1S/C15H16ClN3O3/c16-9-3-1-8(2-4-9)15(5-6-15)7-10(12(17)20)11-13(21)19-14(22)18-11/h1-4,10-11H,5-7H2,(H2,17,20)(H2,18,19,21,22). The molecule has 116 valence electrons. The highest BCUT2D eigenvalue weighted by molar-refractivity contribution is 6.30. The first-order valence-corrected chi connectivity index (χ1v) is 7.46. The summed E-state index contributed by atoms with van der Waals surface area (Å²) in [6.45, 7) is 0. The van der Waals surface area contributed by atoms with E-state index in [0.29, 0.717) is 11.4 Å². The number of benzene rings is 1. The van der Waals surface area contributed by atoms with Crippen LogP contribution < -0.4 is 16.4 Å². The van der Waals surface area contributed by atoms with Gasteiger partial charge in [-0.1, -0.05) is 23.7 Å². The lowest BCUT2D eigenvalue weighted by Gasteiger charge is -2.24. The van der Waals surface area contributed by atoms with Crippen LogP contribution in [0.15, 0.2) is 24.3 Å². The first kappa shape index (κ1) is 14.8. The van der Waals surface area contributed by atoms with Gasteiger partial charge in [-0.3, -0.25) is 14.9 Å². The van der Waals surface area contributed by atoms with Gasteiger partial charge in [-0.05, 0) is 42.4 Å². The van der Waals surface area contributed by atoms with Crippen molar-refractivity contribution in [3.8, 4) is 0 Å². The maximum Gasteiger partial charge on any atom is 0.322 e. The Balaban J connectivity index is 1.82. The van der Waals surface area contributed by atoms with E-state index < -0.39 is 29.8 Å². The topological polar surface area (TPSA) is 101 Å². The number of nitrogens with two attached hydrogens (primary N) is 1. The van der Waals surface area contributed by atoms with Gasteiger partial charge in [0.15, 0.2) is 0 Å². The molecule has 1 aliphatic heterocycles. The summed E-state index contributed by atoms with van der Waals surface area (Å²) >= 11 is 5.90. The molecule has 7 heteroatoms. The zero-order valence-corrected chi connectivity index (χ0v) is 12.5. The maximum atomic E-state index is 11.8. The minimum atomic E-state index is -0.894.